The minimum Gasteiger partial charge on any atom is -0.462 e. The van der Waals surface area contributed by atoms with Gasteiger partial charge in [-0.2, -0.15) is 0 Å². The van der Waals surface area contributed by atoms with Crippen LogP contribution in [0.5, 0.6) is 0 Å². The van der Waals surface area contributed by atoms with E-state index >= 15 is 0 Å². The molecular formula is C17H17ClO2. The SMILES string of the molecule is C=Cc1ccccc1Cl.CCOC(=O)c1ccccc1. The maximum absolute atomic E-state index is 11.0. The fourth-order valence-corrected chi connectivity index (χ4v) is 1.64. The number of halogens is 1. The summed E-state index contributed by atoms with van der Waals surface area (Å²) < 4.78 is 4.79. The fraction of sp³-hybridized carbons (Fsp3) is 0.118. The van der Waals surface area contributed by atoms with Crippen LogP contribution in [0.15, 0.2) is 61.2 Å². The van der Waals surface area contributed by atoms with Crippen LogP contribution in [0.3, 0.4) is 0 Å². The minimum absolute atomic E-state index is 0.256. The third kappa shape index (κ3) is 5.29. The van der Waals surface area contributed by atoms with E-state index in [9.17, 15) is 4.79 Å². The van der Waals surface area contributed by atoms with E-state index in [1.807, 2.05) is 42.5 Å². The number of hydrogen-bond acceptors (Lipinski definition) is 2. The van der Waals surface area contributed by atoms with Gasteiger partial charge in [-0.15, -0.1) is 0 Å². The lowest BCUT2D eigenvalue weighted by atomic mass is 10.2. The van der Waals surface area contributed by atoms with Crippen molar-refractivity contribution in [3.05, 3.63) is 77.3 Å². The molecule has 2 aromatic rings. The Morgan fingerprint density at radius 2 is 1.75 bits per heavy atom. The van der Waals surface area contributed by atoms with E-state index in [1.165, 1.54) is 0 Å². The average Bonchev–Trinajstić information content (AvgIpc) is 2.49. The van der Waals surface area contributed by atoms with Crippen molar-refractivity contribution < 1.29 is 9.53 Å². The molecule has 0 saturated heterocycles. The molecule has 0 fully saturated rings. The molecule has 2 aromatic carbocycles. The van der Waals surface area contributed by atoms with E-state index in [-0.39, 0.29) is 5.97 Å². The van der Waals surface area contributed by atoms with Crippen LogP contribution >= 0.6 is 11.6 Å². The van der Waals surface area contributed by atoms with Gasteiger partial charge in [0.2, 0.25) is 0 Å². The van der Waals surface area contributed by atoms with Crippen LogP contribution in [-0.4, -0.2) is 12.6 Å². The molecule has 2 rings (SSSR count). The van der Waals surface area contributed by atoms with Crippen molar-refractivity contribution in [1.82, 2.24) is 0 Å². The lowest BCUT2D eigenvalue weighted by molar-refractivity contribution is 0.0526. The van der Waals surface area contributed by atoms with Gasteiger partial charge in [0, 0.05) is 5.02 Å². The first kappa shape index (κ1) is 16.0. The van der Waals surface area contributed by atoms with Gasteiger partial charge in [0.15, 0.2) is 0 Å². The third-order valence-corrected chi connectivity index (χ3v) is 2.75. The van der Waals surface area contributed by atoms with Gasteiger partial charge in [0.05, 0.1) is 12.2 Å². The fourth-order valence-electron chi connectivity index (χ4n) is 1.43. The van der Waals surface area contributed by atoms with Crippen molar-refractivity contribution in [2.24, 2.45) is 0 Å². The van der Waals surface area contributed by atoms with Crippen molar-refractivity contribution in [1.29, 1.82) is 0 Å². The molecule has 0 amide bonds. The number of benzene rings is 2. The first-order chi connectivity index (χ1) is 9.69. The minimum atomic E-state index is -0.256. The summed E-state index contributed by atoms with van der Waals surface area (Å²) in [6, 6.07) is 16.6. The first-order valence-electron chi connectivity index (χ1n) is 6.28. The number of carbonyl (C=O) groups excluding carboxylic acids is 1. The standard InChI is InChI=1S/C9H10O2.C8H7Cl/c1-2-11-9(10)8-6-4-3-5-7-8;1-2-7-5-3-4-6-8(7)9/h3-7H,2H2,1H3;2-6H,1H2. The summed E-state index contributed by atoms with van der Waals surface area (Å²) >= 11 is 5.75. The van der Waals surface area contributed by atoms with E-state index < -0.39 is 0 Å². The van der Waals surface area contributed by atoms with Gasteiger partial charge in [-0.1, -0.05) is 60.7 Å². The molecule has 0 aliphatic heterocycles. The topological polar surface area (TPSA) is 26.3 Å². The van der Waals surface area contributed by atoms with Gasteiger partial charge in [-0.3, -0.25) is 0 Å². The predicted octanol–water partition coefficient (Wildman–Crippen LogP) is 4.85. The Hall–Kier alpha value is -2.06. The smallest absolute Gasteiger partial charge is 0.338 e. The lowest BCUT2D eigenvalue weighted by Crippen LogP contribution is -2.03. The molecule has 2 nitrogen and oxygen atoms in total. The molecule has 0 saturated carbocycles. The highest BCUT2D eigenvalue weighted by molar-refractivity contribution is 6.32. The summed E-state index contributed by atoms with van der Waals surface area (Å²) in [7, 11) is 0. The molecule has 0 spiro atoms. The Balaban J connectivity index is 0.000000204. The molecule has 0 atom stereocenters. The van der Waals surface area contributed by atoms with Crippen LogP contribution < -0.4 is 0 Å². The zero-order chi connectivity index (χ0) is 14.8. The second-order valence-electron chi connectivity index (χ2n) is 3.81. The number of ether oxygens (including phenoxy) is 1. The van der Waals surface area contributed by atoms with Gasteiger partial charge in [-0.25, -0.2) is 4.79 Å². The molecule has 0 radical (unpaired) electrons. The summed E-state index contributed by atoms with van der Waals surface area (Å²) in [4.78, 5) is 11.0. The molecule has 0 aliphatic rings. The monoisotopic (exact) mass is 288 g/mol. The molecule has 20 heavy (non-hydrogen) atoms. The van der Waals surface area contributed by atoms with E-state index in [0.29, 0.717) is 12.2 Å². The van der Waals surface area contributed by atoms with Crippen molar-refractivity contribution in [2.75, 3.05) is 6.61 Å². The zero-order valence-electron chi connectivity index (χ0n) is 11.4. The van der Waals surface area contributed by atoms with Crippen LogP contribution in [0.2, 0.25) is 5.02 Å². The Labute approximate surface area is 124 Å². The Bertz CT molecular complexity index is 550. The van der Waals surface area contributed by atoms with Crippen molar-refractivity contribution in [3.63, 3.8) is 0 Å². The maximum Gasteiger partial charge on any atom is 0.338 e. The van der Waals surface area contributed by atoms with Crippen molar-refractivity contribution in [2.45, 2.75) is 6.92 Å². The molecule has 0 heterocycles. The Morgan fingerprint density at radius 1 is 1.15 bits per heavy atom. The highest BCUT2D eigenvalue weighted by Crippen LogP contribution is 2.14. The summed E-state index contributed by atoms with van der Waals surface area (Å²) in [6.45, 7) is 5.82. The molecule has 0 aromatic heterocycles. The van der Waals surface area contributed by atoms with Crippen LogP contribution in [0, 0.1) is 0 Å². The molecule has 3 heteroatoms. The summed E-state index contributed by atoms with van der Waals surface area (Å²) in [6.07, 6.45) is 1.74. The van der Waals surface area contributed by atoms with Crippen LogP contribution in [-0.2, 0) is 4.74 Å². The summed E-state index contributed by atoms with van der Waals surface area (Å²) in [5.41, 5.74) is 1.59. The van der Waals surface area contributed by atoms with Crippen molar-refractivity contribution >= 4 is 23.6 Å². The van der Waals surface area contributed by atoms with Gasteiger partial charge in [0.1, 0.15) is 0 Å². The third-order valence-electron chi connectivity index (χ3n) is 2.41. The second kappa shape index (κ2) is 8.94. The number of esters is 1. The van der Waals surface area contributed by atoms with Crippen molar-refractivity contribution in [3.8, 4) is 0 Å². The molecule has 0 unspecified atom stereocenters. The molecule has 104 valence electrons. The summed E-state index contributed by atoms with van der Waals surface area (Å²) in [5, 5.41) is 0.757. The number of hydrogen-bond donors (Lipinski definition) is 0. The molecule has 0 bridgehead atoms. The highest BCUT2D eigenvalue weighted by Gasteiger charge is 2.02. The highest BCUT2D eigenvalue weighted by atomic mass is 35.5. The first-order valence-corrected chi connectivity index (χ1v) is 6.66. The largest absolute Gasteiger partial charge is 0.462 e. The van der Waals surface area contributed by atoms with Gasteiger partial charge in [-0.05, 0) is 30.7 Å². The van der Waals surface area contributed by atoms with E-state index in [4.69, 9.17) is 16.3 Å². The Morgan fingerprint density at radius 3 is 2.25 bits per heavy atom. The molecule has 0 aliphatic carbocycles. The lowest BCUT2D eigenvalue weighted by Gasteiger charge is -1.99. The number of rotatable bonds is 3. The van der Waals surface area contributed by atoms with Gasteiger partial charge < -0.3 is 4.74 Å². The summed E-state index contributed by atoms with van der Waals surface area (Å²) in [5.74, 6) is -0.256. The van der Waals surface area contributed by atoms with Crippen LogP contribution in [0.25, 0.3) is 6.08 Å². The normalized spacial score (nSPS) is 9.10. The van der Waals surface area contributed by atoms with Crippen LogP contribution in [0.1, 0.15) is 22.8 Å². The molecule has 0 N–H and O–H groups in total. The van der Waals surface area contributed by atoms with E-state index in [1.54, 1.807) is 25.1 Å². The molecular weight excluding hydrogens is 272 g/mol. The number of carbonyl (C=O) groups is 1. The average molecular weight is 289 g/mol. The zero-order valence-corrected chi connectivity index (χ0v) is 12.1. The Kier molecular flexibility index (Phi) is 7.15. The van der Waals surface area contributed by atoms with Gasteiger partial charge >= 0.3 is 5.97 Å². The van der Waals surface area contributed by atoms with Crippen LogP contribution in [0.4, 0.5) is 0 Å². The second-order valence-corrected chi connectivity index (χ2v) is 4.22. The maximum atomic E-state index is 11.0. The van der Waals surface area contributed by atoms with E-state index in [0.717, 1.165) is 10.6 Å². The van der Waals surface area contributed by atoms with E-state index in [2.05, 4.69) is 6.58 Å². The quantitative estimate of drug-likeness (QED) is 0.755. The predicted molar refractivity (Wildman–Crippen MR) is 83.9 cm³/mol. The van der Waals surface area contributed by atoms with Gasteiger partial charge in [0.25, 0.3) is 0 Å².